The average molecular weight is 289 g/mol. The normalized spacial score (nSPS) is 19.4. The van der Waals surface area contributed by atoms with Crippen molar-refractivity contribution in [3.05, 3.63) is 35.4 Å². The van der Waals surface area contributed by atoms with Gasteiger partial charge in [0.05, 0.1) is 6.04 Å². The Balaban J connectivity index is 2.32. The Labute approximate surface area is 126 Å². The topological polar surface area (TPSA) is 43.9 Å². The molecule has 1 aliphatic heterocycles. The predicted molar refractivity (Wildman–Crippen MR) is 82.1 cm³/mol. The highest BCUT2D eigenvalue weighted by atomic mass is 16.2. The number of carbonyl (C=O) groups is 2. The Kier molecular flexibility index (Phi) is 4.63. The maximum Gasteiger partial charge on any atom is 0.253 e. The number of likely N-dealkylation sites (N-methyl/N-ethyl adjacent to an activating group) is 1. The van der Waals surface area contributed by atoms with Gasteiger partial charge < -0.3 is 14.7 Å². The first-order valence-corrected chi connectivity index (χ1v) is 7.17. The van der Waals surface area contributed by atoms with Crippen LogP contribution in [0.5, 0.6) is 0 Å². The summed E-state index contributed by atoms with van der Waals surface area (Å²) in [7, 11) is 5.54. The van der Waals surface area contributed by atoms with Gasteiger partial charge in [-0.1, -0.05) is 12.1 Å². The Morgan fingerprint density at radius 2 is 1.95 bits per heavy atom. The van der Waals surface area contributed by atoms with Crippen LogP contribution < -0.4 is 0 Å². The zero-order valence-electron chi connectivity index (χ0n) is 13.2. The third kappa shape index (κ3) is 3.42. The van der Waals surface area contributed by atoms with Crippen molar-refractivity contribution in [2.75, 3.05) is 40.8 Å². The minimum Gasteiger partial charge on any atom is -0.345 e. The van der Waals surface area contributed by atoms with Gasteiger partial charge in [0.2, 0.25) is 5.91 Å². The molecule has 2 amide bonds. The molecular weight excluding hydrogens is 266 g/mol. The number of amides is 2. The molecule has 0 aromatic heterocycles. The van der Waals surface area contributed by atoms with E-state index in [0.29, 0.717) is 5.56 Å². The third-order valence-corrected chi connectivity index (χ3v) is 3.91. The maximum atomic E-state index is 12.1. The fourth-order valence-electron chi connectivity index (χ4n) is 2.72. The van der Waals surface area contributed by atoms with Crippen molar-refractivity contribution in [2.45, 2.75) is 13.0 Å². The zero-order chi connectivity index (χ0) is 15.6. The second-order valence-corrected chi connectivity index (χ2v) is 5.82. The molecule has 21 heavy (non-hydrogen) atoms. The number of hydrogen-bond donors (Lipinski definition) is 0. The molecule has 0 bridgehead atoms. The summed E-state index contributed by atoms with van der Waals surface area (Å²) in [5.41, 5.74) is 1.68. The van der Waals surface area contributed by atoms with Crippen molar-refractivity contribution in [3.8, 4) is 0 Å². The molecule has 1 fully saturated rings. The van der Waals surface area contributed by atoms with E-state index in [9.17, 15) is 9.59 Å². The number of nitrogens with zero attached hydrogens (tertiary/aromatic N) is 3. The second kappa shape index (κ2) is 6.26. The first-order chi connectivity index (χ1) is 9.90. The van der Waals surface area contributed by atoms with E-state index in [2.05, 4.69) is 11.9 Å². The van der Waals surface area contributed by atoms with E-state index in [-0.39, 0.29) is 17.9 Å². The quantitative estimate of drug-likeness (QED) is 0.822. The van der Waals surface area contributed by atoms with E-state index >= 15 is 0 Å². The molecule has 1 aliphatic rings. The SMILES string of the molecule is CC(=O)N1CCN(C)CC1c1cccc(C(=O)N(C)C)c1. The molecule has 0 spiro atoms. The minimum atomic E-state index is -0.0182. The van der Waals surface area contributed by atoms with Gasteiger partial charge in [0.15, 0.2) is 0 Å². The van der Waals surface area contributed by atoms with Crippen molar-refractivity contribution in [2.24, 2.45) is 0 Å². The van der Waals surface area contributed by atoms with Crippen molar-refractivity contribution < 1.29 is 9.59 Å². The number of carbonyl (C=O) groups excluding carboxylic acids is 2. The van der Waals surface area contributed by atoms with E-state index < -0.39 is 0 Å². The summed E-state index contributed by atoms with van der Waals surface area (Å²) >= 11 is 0. The highest BCUT2D eigenvalue weighted by molar-refractivity contribution is 5.94. The third-order valence-electron chi connectivity index (χ3n) is 3.91. The molecule has 0 N–H and O–H groups in total. The summed E-state index contributed by atoms with van der Waals surface area (Å²) in [6.07, 6.45) is 0. The summed E-state index contributed by atoms with van der Waals surface area (Å²) in [4.78, 5) is 29.6. The van der Waals surface area contributed by atoms with Crippen LogP contribution in [0.25, 0.3) is 0 Å². The van der Waals surface area contributed by atoms with Crippen LogP contribution in [0.1, 0.15) is 28.9 Å². The zero-order valence-corrected chi connectivity index (χ0v) is 13.2. The summed E-state index contributed by atoms with van der Waals surface area (Å²) in [5.74, 6) is 0.0628. The van der Waals surface area contributed by atoms with E-state index in [4.69, 9.17) is 0 Å². The standard InChI is InChI=1S/C16H23N3O2/c1-12(20)19-9-8-18(4)11-15(19)13-6-5-7-14(10-13)16(21)17(2)3/h5-7,10,15H,8-9,11H2,1-4H3. The molecule has 2 rings (SSSR count). The maximum absolute atomic E-state index is 12.1. The molecule has 1 heterocycles. The Morgan fingerprint density at radius 3 is 2.57 bits per heavy atom. The Bertz CT molecular complexity index is 542. The van der Waals surface area contributed by atoms with Gasteiger partial charge in [-0.3, -0.25) is 9.59 Å². The van der Waals surface area contributed by atoms with Gasteiger partial charge >= 0.3 is 0 Å². The number of benzene rings is 1. The molecule has 1 aromatic rings. The van der Waals surface area contributed by atoms with Crippen molar-refractivity contribution in [3.63, 3.8) is 0 Å². The van der Waals surface area contributed by atoms with Crippen LogP contribution in [-0.2, 0) is 4.79 Å². The van der Waals surface area contributed by atoms with Gasteiger partial charge in [0.25, 0.3) is 5.91 Å². The predicted octanol–water partition coefficient (Wildman–Crippen LogP) is 1.22. The molecule has 0 saturated carbocycles. The van der Waals surface area contributed by atoms with Gasteiger partial charge in [0, 0.05) is 46.2 Å². The van der Waals surface area contributed by atoms with Crippen LogP contribution >= 0.6 is 0 Å². The minimum absolute atomic E-state index is 0.0103. The van der Waals surface area contributed by atoms with E-state index in [1.54, 1.807) is 25.9 Å². The van der Waals surface area contributed by atoms with Crippen LogP contribution in [0, 0.1) is 0 Å². The molecule has 0 aliphatic carbocycles. The smallest absolute Gasteiger partial charge is 0.253 e. The van der Waals surface area contributed by atoms with Crippen molar-refractivity contribution in [1.29, 1.82) is 0 Å². The fraction of sp³-hybridized carbons (Fsp3) is 0.500. The molecule has 5 nitrogen and oxygen atoms in total. The van der Waals surface area contributed by atoms with Crippen LogP contribution in [0.4, 0.5) is 0 Å². The summed E-state index contributed by atoms with van der Waals surface area (Å²) in [5, 5.41) is 0. The van der Waals surface area contributed by atoms with Crippen LogP contribution in [-0.4, -0.2) is 67.3 Å². The van der Waals surface area contributed by atoms with E-state index in [0.717, 1.165) is 25.2 Å². The monoisotopic (exact) mass is 289 g/mol. The number of piperazine rings is 1. The Hall–Kier alpha value is -1.88. The molecule has 5 heteroatoms. The molecule has 1 saturated heterocycles. The molecule has 0 radical (unpaired) electrons. The first kappa shape index (κ1) is 15.5. The summed E-state index contributed by atoms with van der Waals surface area (Å²) < 4.78 is 0. The lowest BCUT2D eigenvalue weighted by atomic mass is 9.99. The molecule has 114 valence electrons. The number of rotatable bonds is 2. The van der Waals surface area contributed by atoms with E-state index in [1.807, 2.05) is 29.2 Å². The van der Waals surface area contributed by atoms with Crippen LogP contribution in [0.2, 0.25) is 0 Å². The van der Waals surface area contributed by atoms with Crippen molar-refractivity contribution >= 4 is 11.8 Å². The molecule has 1 unspecified atom stereocenters. The highest BCUT2D eigenvalue weighted by Gasteiger charge is 2.28. The second-order valence-electron chi connectivity index (χ2n) is 5.82. The van der Waals surface area contributed by atoms with Gasteiger partial charge in [0.1, 0.15) is 0 Å². The highest BCUT2D eigenvalue weighted by Crippen LogP contribution is 2.26. The lowest BCUT2D eigenvalue weighted by molar-refractivity contribution is -0.133. The van der Waals surface area contributed by atoms with Crippen LogP contribution in [0.15, 0.2) is 24.3 Å². The molecule has 1 aromatic carbocycles. The fourth-order valence-corrected chi connectivity index (χ4v) is 2.72. The lowest BCUT2D eigenvalue weighted by Gasteiger charge is -2.40. The number of hydrogen-bond acceptors (Lipinski definition) is 3. The lowest BCUT2D eigenvalue weighted by Crippen LogP contribution is -2.48. The van der Waals surface area contributed by atoms with Gasteiger partial charge in [-0.25, -0.2) is 0 Å². The molecular formula is C16H23N3O2. The largest absolute Gasteiger partial charge is 0.345 e. The van der Waals surface area contributed by atoms with E-state index in [1.165, 1.54) is 0 Å². The van der Waals surface area contributed by atoms with Gasteiger partial charge in [-0.05, 0) is 24.7 Å². The Morgan fingerprint density at radius 1 is 1.24 bits per heavy atom. The van der Waals surface area contributed by atoms with Gasteiger partial charge in [-0.15, -0.1) is 0 Å². The first-order valence-electron chi connectivity index (χ1n) is 7.17. The summed E-state index contributed by atoms with van der Waals surface area (Å²) in [6.45, 7) is 4.00. The summed E-state index contributed by atoms with van der Waals surface area (Å²) in [6, 6.07) is 7.61. The van der Waals surface area contributed by atoms with Crippen molar-refractivity contribution in [1.82, 2.24) is 14.7 Å². The average Bonchev–Trinajstić information content (AvgIpc) is 2.46. The molecule has 1 atom stereocenters. The van der Waals surface area contributed by atoms with Gasteiger partial charge in [-0.2, -0.15) is 0 Å². The van der Waals surface area contributed by atoms with Crippen LogP contribution in [0.3, 0.4) is 0 Å².